The first-order chi connectivity index (χ1) is 11.6. The average Bonchev–Trinajstić information content (AvgIpc) is 2.98. The van der Waals surface area contributed by atoms with Gasteiger partial charge in [0.25, 0.3) is 0 Å². The highest BCUT2D eigenvalue weighted by molar-refractivity contribution is 7.91. The first-order valence-electron chi connectivity index (χ1n) is 7.74. The normalized spacial score (nSPS) is 12.1. The summed E-state index contributed by atoms with van der Waals surface area (Å²) < 4.78 is 22.7. The quantitative estimate of drug-likeness (QED) is 0.716. The molecule has 25 heavy (non-hydrogen) atoms. The molecule has 1 heterocycles. The third-order valence-electron chi connectivity index (χ3n) is 3.58. The molecule has 3 N–H and O–H groups in total. The van der Waals surface area contributed by atoms with Crippen LogP contribution in [0.15, 0.2) is 33.9 Å². The van der Waals surface area contributed by atoms with Gasteiger partial charge in [0.1, 0.15) is 9.96 Å². The van der Waals surface area contributed by atoms with Gasteiger partial charge >= 0.3 is 0 Å². The van der Waals surface area contributed by atoms with E-state index in [4.69, 9.17) is 5.14 Å². The smallest absolute Gasteiger partial charge is 0.247 e. The van der Waals surface area contributed by atoms with E-state index < -0.39 is 10.0 Å². The summed E-state index contributed by atoms with van der Waals surface area (Å²) in [6.07, 6.45) is 0. The van der Waals surface area contributed by atoms with Crippen molar-refractivity contribution in [2.45, 2.75) is 24.6 Å². The summed E-state index contributed by atoms with van der Waals surface area (Å²) in [7, 11) is -1.87. The summed E-state index contributed by atoms with van der Waals surface area (Å²) in [5, 5.41) is 16.6. The predicted molar refractivity (Wildman–Crippen MR) is 98.4 cm³/mol. The molecule has 0 aliphatic heterocycles. The van der Waals surface area contributed by atoms with Crippen LogP contribution in [0.1, 0.15) is 35.3 Å². The van der Waals surface area contributed by atoms with Crippen molar-refractivity contribution in [3.8, 4) is 5.75 Å². The van der Waals surface area contributed by atoms with Gasteiger partial charge in [0.05, 0.1) is 0 Å². The Morgan fingerprint density at radius 1 is 1.28 bits per heavy atom. The van der Waals surface area contributed by atoms with Crippen molar-refractivity contribution in [3.05, 3.63) is 46.3 Å². The summed E-state index contributed by atoms with van der Waals surface area (Å²) >= 11 is 0.913. The number of carbonyl (C=O) groups excluding carboxylic acids is 1. The second kappa shape index (κ2) is 7.65. The Hall–Kier alpha value is -1.74. The van der Waals surface area contributed by atoms with Crippen molar-refractivity contribution < 1.29 is 18.3 Å². The van der Waals surface area contributed by atoms with Gasteiger partial charge in [0.2, 0.25) is 10.0 Å². The third-order valence-corrected chi connectivity index (χ3v) is 5.96. The monoisotopic (exact) mass is 382 g/mol. The second-order valence-corrected chi connectivity index (χ2v) is 9.16. The molecule has 0 amide bonds. The van der Waals surface area contributed by atoms with Gasteiger partial charge in [-0.3, -0.25) is 4.79 Å². The number of hydrogen-bond acceptors (Lipinski definition) is 6. The largest absolute Gasteiger partial charge is 0.508 e. The molecule has 6 nitrogen and oxygen atoms in total. The van der Waals surface area contributed by atoms with Crippen LogP contribution in [0.4, 0.5) is 0 Å². The Morgan fingerprint density at radius 2 is 1.96 bits per heavy atom. The van der Waals surface area contributed by atoms with E-state index in [-0.39, 0.29) is 21.3 Å². The molecule has 0 aliphatic rings. The number of phenolic OH excluding ortho intramolecular Hbond substituents is 1. The molecule has 0 atom stereocenters. The van der Waals surface area contributed by atoms with Crippen molar-refractivity contribution >= 4 is 27.1 Å². The van der Waals surface area contributed by atoms with Crippen LogP contribution < -0.4 is 5.14 Å². The third kappa shape index (κ3) is 5.12. The second-order valence-electron chi connectivity index (χ2n) is 6.46. The van der Waals surface area contributed by atoms with Crippen molar-refractivity contribution in [2.24, 2.45) is 11.1 Å². The number of benzene rings is 1. The van der Waals surface area contributed by atoms with E-state index in [0.29, 0.717) is 23.6 Å². The minimum Gasteiger partial charge on any atom is -0.508 e. The van der Waals surface area contributed by atoms with E-state index in [0.717, 1.165) is 17.9 Å². The van der Waals surface area contributed by atoms with Gasteiger partial charge in [-0.05, 0) is 37.2 Å². The summed E-state index contributed by atoms with van der Waals surface area (Å²) in [4.78, 5) is 14.7. The van der Waals surface area contributed by atoms with Crippen LogP contribution in [0.2, 0.25) is 0 Å². The lowest BCUT2D eigenvalue weighted by atomic mass is 10.0. The average molecular weight is 383 g/mol. The fraction of sp³-hybridized carbons (Fsp3) is 0.353. The molecular formula is C17H22N2O4S2. The number of rotatable bonds is 7. The molecule has 0 radical (unpaired) electrons. The summed E-state index contributed by atoms with van der Waals surface area (Å²) in [6, 6.07) is 5.93. The summed E-state index contributed by atoms with van der Waals surface area (Å²) in [5.41, 5.74) is 1.31. The van der Waals surface area contributed by atoms with Crippen molar-refractivity contribution in [2.75, 3.05) is 13.6 Å². The zero-order valence-corrected chi connectivity index (χ0v) is 16.0. The number of hydrogen-bond donors (Lipinski definition) is 2. The first kappa shape index (κ1) is 19.6. The highest BCUT2D eigenvalue weighted by Gasteiger charge is 2.18. The van der Waals surface area contributed by atoms with E-state index in [1.807, 2.05) is 7.05 Å². The lowest BCUT2D eigenvalue weighted by molar-refractivity contribution is 0.103. The van der Waals surface area contributed by atoms with E-state index in [2.05, 4.69) is 18.7 Å². The molecule has 136 valence electrons. The maximum atomic E-state index is 12.6. The van der Waals surface area contributed by atoms with Crippen LogP contribution >= 0.6 is 11.3 Å². The molecule has 1 aromatic carbocycles. The molecule has 0 fully saturated rings. The van der Waals surface area contributed by atoms with Gasteiger partial charge < -0.3 is 10.0 Å². The fourth-order valence-electron chi connectivity index (χ4n) is 2.58. The molecule has 0 unspecified atom stereocenters. The van der Waals surface area contributed by atoms with Gasteiger partial charge in [-0.1, -0.05) is 13.8 Å². The van der Waals surface area contributed by atoms with Crippen LogP contribution in [-0.2, 0) is 16.6 Å². The van der Waals surface area contributed by atoms with Crippen LogP contribution in [0.25, 0.3) is 0 Å². The molecular weight excluding hydrogens is 360 g/mol. The number of nitrogens with zero attached hydrogens (tertiary/aromatic N) is 1. The lowest BCUT2D eigenvalue weighted by Gasteiger charge is -2.19. The SMILES string of the molecule is CC(C)CN(C)Cc1cc(C(=O)c2csc(S(N)(=O)=O)c2)ccc1O. The number of sulfonamides is 1. The highest BCUT2D eigenvalue weighted by Crippen LogP contribution is 2.25. The fourth-order valence-corrected chi connectivity index (χ4v) is 4.17. The minimum atomic E-state index is -3.82. The Kier molecular flexibility index (Phi) is 5.99. The van der Waals surface area contributed by atoms with E-state index in [1.54, 1.807) is 6.07 Å². The molecule has 2 rings (SSSR count). The number of phenols is 1. The standard InChI is InChI=1S/C17H22N2O4S2/c1-11(2)8-19(3)9-13-6-12(4-5-15(13)20)17(21)14-7-16(24-10-14)25(18,22)23/h4-7,10-11,20H,8-9H2,1-3H3,(H2,18,22,23). The lowest BCUT2D eigenvalue weighted by Crippen LogP contribution is -2.22. The first-order valence-corrected chi connectivity index (χ1v) is 10.2. The van der Waals surface area contributed by atoms with Gasteiger partial charge in [-0.25, -0.2) is 13.6 Å². The van der Waals surface area contributed by atoms with E-state index in [9.17, 15) is 18.3 Å². The van der Waals surface area contributed by atoms with Crippen molar-refractivity contribution in [3.63, 3.8) is 0 Å². The molecule has 0 saturated carbocycles. The van der Waals surface area contributed by atoms with Gasteiger partial charge in [0.15, 0.2) is 5.78 Å². The van der Waals surface area contributed by atoms with E-state index >= 15 is 0 Å². The number of primary sulfonamides is 1. The van der Waals surface area contributed by atoms with Gasteiger partial charge in [-0.15, -0.1) is 11.3 Å². The van der Waals surface area contributed by atoms with Crippen molar-refractivity contribution in [1.82, 2.24) is 4.90 Å². The molecule has 0 spiro atoms. The van der Waals surface area contributed by atoms with Crippen LogP contribution in [0, 0.1) is 5.92 Å². The minimum absolute atomic E-state index is 0.0495. The number of thiophene rings is 1. The van der Waals surface area contributed by atoms with Gasteiger partial charge in [0, 0.05) is 35.2 Å². The predicted octanol–water partition coefficient (Wildman–Crippen LogP) is 2.42. The maximum Gasteiger partial charge on any atom is 0.247 e. The molecule has 1 aromatic heterocycles. The molecule has 8 heteroatoms. The number of nitrogens with two attached hydrogens (primary N) is 1. The van der Waals surface area contributed by atoms with Crippen LogP contribution in [-0.4, -0.2) is 37.8 Å². The Morgan fingerprint density at radius 3 is 2.52 bits per heavy atom. The molecule has 0 saturated heterocycles. The maximum absolute atomic E-state index is 12.6. The Balaban J connectivity index is 2.26. The van der Waals surface area contributed by atoms with Crippen molar-refractivity contribution in [1.29, 1.82) is 0 Å². The highest BCUT2D eigenvalue weighted by atomic mass is 32.2. The molecule has 2 aromatic rings. The van der Waals surface area contributed by atoms with E-state index in [1.165, 1.54) is 23.6 Å². The number of ketones is 1. The number of aromatic hydroxyl groups is 1. The van der Waals surface area contributed by atoms with Gasteiger partial charge in [-0.2, -0.15) is 0 Å². The molecule has 0 aliphatic carbocycles. The topological polar surface area (TPSA) is 101 Å². The van der Waals surface area contributed by atoms with Crippen LogP contribution in [0.3, 0.4) is 0 Å². The van der Waals surface area contributed by atoms with Crippen LogP contribution in [0.5, 0.6) is 5.75 Å². The Labute approximate surface area is 151 Å². The zero-order valence-electron chi connectivity index (χ0n) is 14.4. The summed E-state index contributed by atoms with van der Waals surface area (Å²) in [6.45, 7) is 5.59. The zero-order chi connectivity index (χ0) is 18.8. The summed E-state index contributed by atoms with van der Waals surface area (Å²) in [5.74, 6) is 0.306. The Bertz CT molecular complexity index is 873. The number of carbonyl (C=O) groups is 1. The molecule has 0 bridgehead atoms.